The van der Waals surface area contributed by atoms with E-state index in [1.807, 2.05) is 0 Å². The maximum absolute atomic E-state index is 8.59. The van der Waals surface area contributed by atoms with Gasteiger partial charge in [0.1, 0.15) is 0 Å². The van der Waals surface area contributed by atoms with E-state index >= 15 is 0 Å². The topological polar surface area (TPSA) is 80.3 Å². The molecule has 0 radical (unpaired) electrons. The third-order valence-electron chi connectivity index (χ3n) is 5.37. The zero-order chi connectivity index (χ0) is 19.2. The van der Waals surface area contributed by atoms with Crippen molar-refractivity contribution in [2.24, 2.45) is 0 Å². The van der Waals surface area contributed by atoms with Gasteiger partial charge in [-0.05, 0) is 55.4 Å². The van der Waals surface area contributed by atoms with Crippen molar-refractivity contribution in [3.63, 3.8) is 0 Å². The Morgan fingerprint density at radius 3 is 0.609 bits per heavy atom. The Bertz CT molecular complexity index is 288. The van der Waals surface area contributed by atoms with Crippen LogP contribution >= 0.6 is 0 Å². The molecular weight excluding hydrogens is 336 g/mol. The molecule has 0 aliphatic carbocycles. The quantitative estimate of drug-likeness (QED) is 0.595. The number of nitrogens with zero attached hydrogens (tertiary/aromatic N) is 2. The second-order valence-electron chi connectivity index (χ2n) is 5.62. The molecule has 6 nitrogen and oxygen atoms in total. The van der Waals surface area contributed by atoms with Crippen LogP contribution < -0.4 is 8.32 Å². The fourth-order valence-electron chi connectivity index (χ4n) is 2.68. The van der Waals surface area contributed by atoms with Crippen LogP contribution in [-0.4, -0.2) is 61.3 Å². The molecule has 23 heavy (non-hydrogen) atoms. The molecule has 0 aromatic rings. The van der Waals surface area contributed by atoms with Crippen molar-refractivity contribution in [1.29, 1.82) is 0 Å². The van der Waals surface area contributed by atoms with Gasteiger partial charge in [0.2, 0.25) is 0 Å². The predicted molar refractivity (Wildman–Crippen MR) is 86.2 cm³/mol. The van der Waals surface area contributed by atoms with Gasteiger partial charge in [0.15, 0.2) is 0 Å². The number of hydrogen-bond donors (Lipinski definition) is 0. The first-order chi connectivity index (χ1) is 10.5. The van der Waals surface area contributed by atoms with Crippen molar-refractivity contribution in [2.75, 3.05) is 52.4 Å². The molecule has 0 bridgehead atoms. The Morgan fingerprint density at radius 1 is 0.522 bits per heavy atom. The first kappa shape index (κ1) is 27.8. The van der Waals surface area contributed by atoms with Gasteiger partial charge in [-0.2, -0.15) is 0 Å². The fourth-order valence-corrected chi connectivity index (χ4v) is 2.68. The van der Waals surface area contributed by atoms with E-state index < -0.39 is 13.6 Å². The molecule has 0 rings (SSSR count). The van der Waals surface area contributed by atoms with Gasteiger partial charge in [-0.25, -0.2) is 0 Å². The molecule has 0 fully saturated rings. The molecular formula is C16H40CrN2O4. The fraction of sp³-hybridized carbons (Fsp3) is 1.00. The van der Waals surface area contributed by atoms with Crippen LogP contribution in [0.3, 0.4) is 0 Å². The Kier molecular flexibility index (Phi) is 17.3. The Labute approximate surface area is 146 Å². The summed E-state index contributed by atoms with van der Waals surface area (Å²) in [5.41, 5.74) is 0. The molecule has 7 heteroatoms. The van der Waals surface area contributed by atoms with Crippen molar-refractivity contribution in [2.45, 2.75) is 55.4 Å². The third kappa shape index (κ3) is 15.3. The predicted octanol–water partition coefficient (Wildman–Crippen LogP) is 1.15. The number of hydrogen-bond acceptors (Lipinski definition) is 4. The molecule has 0 heterocycles. The monoisotopic (exact) mass is 376 g/mol. The SMILES string of the molecule is CC[N+](CC)(CC)CC.CC[N+](CC)(CC)CC.[O]=[Cr](=[O])([O-])[O-]. The van der Waals surface area contributed by atoms with Crippen LogP contribution in [0.4, 0.5) is 0 Å². The molecule has 0 unspecified atom stereocenters. The van der Waals surface area contributed by atoms with Gasteiger partial charge >= 0.3 is 29.5 Å². The minimum atomic E-state index is -5.75. The Morgan fingerprint density at radius 2 is 0.609 bits per heavy atom. The minimum absolute atomic E-state index is 1.28. The third-order valence-corrected chi connectivity index (χ3v) is 5.37. The first-order valence-corrected chi connectivity index (χ1v) is 10.9. The van der Waals surface area contributed by atoms with Crippen LogP contribution in [0.15, 0.2) is 0 Å². The van der Waals surface area contributed by atoms with Crippen LogP contribution in [0, 0.1) is 0 Å². The van der Waals surface area contributed by atoms with Gasteiger partial charge < -0.3 is 8.97 Å². The van der Waals surface area contributed by atoms with Gasteiger partial charge in [0, 0.05) is 0 Å². The Hall–Kier alpha value is -0.0275. The molecule has 0 saturated carbocycles. The summed E-state index contributed by atoms with van der Waals surface area (Å²) in [6, 6.07) is 0. The van der Waals surface area contributed by atoms with E-state index in [2.05, 4.69) is 55.4 Å². The zero-order valence-corrected chi connectivity index (χ0v) is 17.9. The molecule has 0 spiro atoms. The van der Waals surface area contributed by atoms with E-state index in [1.165, 1.54) is 61.3 Å². The average molecular weight is 377 g/mol. The van der Waals surface area contributed by atoms with Gasteiger partial charge in [-0.3, -0.25) is 0 Å². The van der Waals surface area contributed by atoms with Crippen LogP contribution in [-0.2, 0) is 21.2 Å². The molecule has 144 valence electrons. The summed E-state index contributed by atoms with van der Waals surface area (Å²) in [6.45, 7) is 28.4. The molecule has 0 N–H and O–H groups in total. The van der Waals surface area contributed by atoms with Crippen molar-refractivity contribution in [3.8, 4) is 0 Å². The van der Waals surface area contributed by atoms with E-state index in [0.29, 0.717) is 0 Å². The Balaban J connectivity index is -0.000000273. The van der Waals surface area contributed by atoms with Gasteiger partial charge in [0.25, 0.3) is 0 Å². The molecule has 0 aromatic carbocycles. The summed E-state index contributed by atoms with van der Waals surface area (Å²) in [4.78, 5) is 0. The van der Waals surface area contributed by atoms with Crippen molar-refractivity contribution in [1.82, 2.24) is 0 Å². The second kappa shape index (κ2) is 14.3. The molecule has 0 saturated heterocycles. The first-order valence-electron chi connectivity index (χ1n) is 8.85. The summed E-state index contributed by atoms with van der Waals surface area (Å²) in [6.07, 6.45) is 0. The van der Waals surface area contributed by atoms with E-state index in [9.17, 15) is 0 Å². The van der Waals surface area contributed by atoms with Crippen molar-refractivity contribution in [3.05, 3.63) is 0 Å². The summed E-state index contributed by atoms with van der Waals surface area (Å²) in [5.74, 6) is 0. The molecule has 0 aliphatic heterocycles. The van der Waals surface area contributed by atoms with E-state index in [-0.39, 0.29) is 0 Å². The average Bonchev–Trinajstić information content (AvgIpc) is 2.52. The molecule has 0 aromatic heterocycles. The van der Waals surface area contributed by atoms with Gasteiger partial charge in [-0.1, -0.05) is 0 Å². The summed E-state index contributed by atoms with van der Waals surface area (Å²) in [5, 5.41) is 0. The van der Waals surface area contributed by atoms with Crippen LogP contribution in [0.5, 0.6) is 0 Å². The number of quaternary nitrogens is 2. The summed E-state index contributed by atoms with van der Waals surface area (Å²) < 4.78 is 36.9. The van der Waals surface area contributed by atoms with Crippen molar-refractivity contribution >= 4 is 0 Å². The van der Waals surface area contributed by atoms with E-state index in [0.717, 1.165) is 0 Å². The molecule has 0 aliphatic rings. The van der Waals surface area contributed by atoms with Crippen LogP contribution in [0.1, 0.15) is 55.4 Å². The summed E-state index contributed by atoms with van der Waals surface area (Å²) >= 11 is -5.75. The standard InChI is InChI=1S/2C8H20N.Cr.4O/c2*1-5-9(6-2,7-3)8-4;;;;;/h2*5-8H2,1-4H3;;;;;/q2*+1;;;;2*-1. The van der Waals surface area contributed by atoms with E-state index in [4.69, 9.17) is 15.9 Å². The van der Waals surface area contributed by atoms with Crippen LogP contribution in [0.25, 0.3) is 0 Å². The maximum atomic E-state index is 8.59. The van der Waals surface area contributed by atoms with Crippen LogP contribution in [0.2, 0.25) is 0 Å². The van der Waals surface area contributed by atoms with Gasteiger partial charge in [0.05, 0.1) is 52.4 Å². The second-order valence-corrected chi connectivity index (χ2v) is 6.90. The molecule has 0 atom stereocenters. The van der Waals surface area contributed by atoms with Crippen molar-refractivity contribution < 1.29 is 38.5 Å². The zero-order valence-electron chi connectivity index (χ0n) is 16.6. The number of rotatable bonds is 8. The van der Waals surface area contributed by atoms with Gasteiger partial charge in [-0.15, -0.1) is 0 Å². The van der Waals surface area contributed by atoms with E-state index in [1.54, 1.807) is 0 Å². The summed E-state index contributed by atoms with van der Waals surface area (Å²) in [7, 11) is 0. The molecule has 0 amide bonds. The normalized spacial score (nSPS) is 11.9.